The first-order chi connectivity index (χ1) is 29.1. The molecule has 0 unspecified atom stereocenters. The van der Waals surface area contributed by atoms with E-state index in [-0.39, 0.29) is 0 Å². The number of anilines is 5. The molecular formula is C54H65N6O+. The van der Waals surface area contributed by atoms with Gasteiger partial charge in [0.25, 0.3) is 0 Å². The third-order valence-electron chi connectivity index (χ3n) is 10.3. The van der Waals surface area contributed by atoms with Gasteiger partial charge in [-0.2, -0.15) is 0 Å². The second-order valence-corrected chi connectivity index (χ2v) is 16.1. The highest BCUT2D eigenvalue weighted by Gasteiger charge is 2.09. The van der Waals surface area contributed by atoms with Crippen molar-refractivity contribution in [3.05, 3.63) is 198 Å². The van der Waals surface area contributed by atoms with E-state index in [1.54, 1.807) is 0 Å². The monoisotopic (exact) mass is 814 g/mol. The molecule has 0 atom stereocenters. The molecule has 0 N–H and O–H groups in total. The SMILES string of the molecule is C=C(c1ccc(N(C)C)cc1)c1ccc(N(C)C)cc1.CN(C)c1ccc(C(=CC=C2C=CC(=[N+](C)C)C=C2)c2ccc(N(C)C)cc2)cc1.CN(C)c1ccc(C=O)cc1. The van der Waals surface area contributed by atoms with Crippen LogP contribution in [0.5, 0.6) is 0 Å². The predicted octanol–water partition coefficient (Wildman–Crippen LogP) is 10.5. The number of benzene rings is 5. The Morgan fingerprint density at radius 3 is 1.02 bits per heavy atom. The lowest BCUT2D eigenvalue weighted by molar-refractivity contribution is -0.462. The summed E-state index contributed by atoms with van der Waals surface area (Å²) in [5.74, 6) is 0. The maximum Gasteiger partial charge on any atom is 0.199 e. The van der Waals surface area contributed by atoms with Crippen LogP contribution >= 0.6 is 0 Å². The summed E-state index contributed by atoms with van der Waals surface area (Å²) < 4.78 is 2.11. The molecule has 0 saturated heterocycles. The number of nitrogens with zero attached hydrogens (tertiary/aromatic N) is 6. The first-order valence-corrected chi connectivity index (χ1v) is 20.4. The average Bonchev–Trinajstić information content (AvgIpc) is 3.27. The van der Waals surface area contributed by atoms with Gasteiger partial charge in [-0.3, -0.25) is 4.79 Å². The number of hydrogen-bond donors (Lipinski definition) is 0. The standard InChI is InChI=1S/C27H32N3.C18H22N2.C9H11NO/c1-28(2)24-14-7-21(8-15-24)9-20-27(22-10-16-25(17-11-22)29(3)4)23-12-18-26(19-13-23)30(5)6;1-14(15-6-10-17(11-7-15)19(2)3)16-8-12-18(13-9-16)20(4)5;1-10(2)9-5-3-8(7-11)4-6-9/h7-20H,1-6H3;6-13H,1H2,2-5H3;3-7H,1-2H3/q+1;;. The molecule has 1 aliphatic carbocycles. The van der Waals surface area contributed by atoms with Crippen LogP contribution in [-0.4, -0.2) is 101 Å². The van der Waals surface area contributed by atoms with E-state index in [4.69, 9.17) is 0 Å². The Bertz CT molecular complexity index is 2210. The minimum atomic E-state index is 0.718. The van der Waals surface area contributed by atoms with E-state index in [2.05, 4.69) is 207 Å². The first-order valence-electron chi connectivity index (χ1n) is 20.4. The van der Waals surface area contributed by atoms with Crippen LogP contribution in [-0.2, 0) is 0 Å². The van der Waals surface area contributed by atoms with Crippen LogP contribution in [0.15, 0.2) is 170 Å². The number of carbonyl (C=O) groups is 1. The Balaban J connectivity index is 0.000000226. The van der Waals surface area contributed by atoms with Crippen molar-refractivity contribution < 1.29 is 9.37 Å². The topological polar surface area (TPSA) is 36.3 Å². The van der Waals surface area contributed by atoms with E-state index in [1.807, 2.05) is 71.5 Å². The maximum atomic E-state index is 10.3. The molecule has 61 heavy (non-hydrogen) atoms. The van der Waals surface area contributed by atoms with Crippen molar-refractivity contribution in [2.45, 2.75) is 0 Å². The van der Waals surface area contributed by atoms with Crippen LogP contribution in [0.4, 0.5) is 28.4 Å². The number of rotatable bonds is 11. The Labute approximate surface area is 366 Å². The maximum absolute atomic E-state index is 10.3. The largest absolute Gasteiger partial charge is 0.378 e. The third-order valence-corrected chi connectivity index (χ3v) is 10.3. The highest BCUT2D eigenvalue weighted by Crippen LogP contribution is 2.28. The van der Waals surface area contributed by atoms with Crippen LogP contribution < -0.4 is 24.5 Å². The highest BCUT2D eigenvalue weighted by atomic mass is 16.1. The zero-order valence-corrected chi connectivity index (χ0v) is 38.4. The van der Waals surface area contributed by atoms with Gasteiger partial charge >= 0.3 is 0 Å². The fourth-order valence-electron chi connectivity index (χ4n) is 6.24. The summed E-state index contributed by atoms with van der Waals surface area (Å²) in [4.78, 5) is 20.7. The van der Waals surface area contributed by atoms with Crippen molar-refractivity contribution in [2.24, 2.45) is 0 Å². The predicted molar refractivity (Wildman–Crippen MR) is 268 cm³/mol. The molecule has 0 radical (unpaired) electrons. The zero-order chi connectivity index (χ0) is 44.6. The van der Waals surface area contributed by atoms with E-state index in [9.17, 15) is 4.79 Å². The normalized spacial score (nSPS) is 11.2. The molecule has 0 spiro atoms. The molecule has 0 amide bonds. The lowest BCUT2D eigenvalue weighted by Gasteiger charge is -2.16. The van der Waals surface area contributed by atoms with Crippen molar-refractivity contribution in [3.63, 3.8) is 0 Å². The smallest absolute Gasteiger partial charge is 0.199 e. The molecule has 1 aliphatic rings. The van der Waals surface area contributed by atoms with Crippen LogP contribution in [0.1, 0.15) is 32.6 Å². The molecule has 6 rings (SSSR count). The van der Waals surface area contributed by atoms with Gasteiger partial charge < -0.3 is 24.5 Å². The molecule has 0 saturated carbocycles. The summed E-state index contributed by atoms with van der Waals surface area (Å²) in [6.45, 7) is 4.22. The molecule has 0 aromatic heterocycles. The van der Waals surface area contributed by atoms with E-state index in [1.165, 1.54) is 50.7 Å². The lowest BCUT2D eigenvalue weighted by atomic mass is 9.96. The van der Waals surface area contributed by atoms with Crippen LogP contribution in [0, 0.1) is 0 Å². The Morgan fingerprint density at radius 2 is 0.738 bits per heavy atom. The molecule has 0 aliphatic heterocycles. The minimum Gasteiger partial charge on any atom is -0.378 e. The lowest BCUT2D eigenvalue weighted by Crippen LogP contribution is -2.09. The number of aldehydes is 1. The molecule has 316 valence electrons. The zero-order valence-electron chi connectivity index (χ0n) is 38.4. The number of allylic oxidation sites excluding steroid dienone is 7. The van der Waals surface area contributed by atoms with E-state index >= 15 is 0 Å². The number of hydrogen-bond acceptors (Lipinski definition) is 6. The summed E-state index contributed by atoms with van der Waals surface area (Å²) in [5.41, 5.74) is 16.0. The van der Waals surface area contributed by atoms with Crippen molar-refractivity contribution in [1.82, 2.24) is 0 Å². The fraction of sp³-hybridized carbons (Fsp3) is 0.222. The molecule has 0 fully saturated rings. The quantitative estimate of drug-likeness (QED) is 0.0977. The molecule has 5 aromatic carbocycles. The minimum absolute atomic E-state index is 0.718. The van der Waals surface area contributed by atoms with E-state index in [0.717, 1.165) is 34.2 Å². The Morgan fingerprint density at radius 1 is 0.443 bits per heavy atom. The van der Waals surface area contributed by atoms with Gasteiger partial charge in [-0.1, -0.05) is 67.3 Å². The van der Waals surface area contributed by atoms with E-state index < -0.39 is 0 Å². The number of carbonyl (C=O) groups excluding carboxylic acids is 1. The van der Waals surface area contributed by atoms with Gasteiger partial charge in [0.15, 0.2) is 5.71 Å². The molecule has 0 heterocycles. The second kappa shape index (κ2) is 22.5. The van der Waals surface area contributed by atoms with Gasteiger partial charge in [0.1, 0.15) is 20.4 Å². The van der Waals surface area contributed by atoms with Crippen molar-refractivity contribution in [1.29, 1.82) is 0 Å². The Hall–Kier alpha value is -6.86. The van der Waals surface area contributed by atoms with E-state index in [0.29, 0.717) is 0 Å². The molecule has 7 heteroatoms. The molecule has 7 nitrogen and oxygen atoms in total. The second-order valence-electron chi connectivity index (χ2n) is 16.1. The van der Waals surface area contributed by atoms with Gasteiger partial charge in [-0.25, -0.2) is 4.58 Å². The van der Waals surface area contributed by atoms with Gasteiger partial charge in [-0.15, -0.1) is 0 Å². The van der Waals surface area contributed by atoms with Crippen molar-refractivity contribution in [3.8, 4) is 0 Å². The Kier molecular flexibility index (Phi) is 17.3. The highest BCUT2D eigenvalue weighted by molar-refractivity contribution is 6.02. The third kappa shape index (κ3) is 13.9. The average molecular weight is 814 g/mol. The summed E-state index contributed by atoms with van der Waals surface area (Å²) >= 11 is 0. The summed E-state index contributed by atoms with van der Waals surface area (Å²) in [7, 11) is 24.5. The summed E-state index contributed by atoms with van der Waals surface area (Å²) in [6.07, 6.45) is 13.9. The fourth-order valence-corrected chi connectivity index (χ4v) is 6.24. The van der Waals surface area contributed by atoms with Gasteiger partial charge in [-0.05, 0) is 124 Å². The van der Waals surface area contributed by atoms with Gasteiger partial charge in [0.05, 0.1) is 0 Å². The van der Waals surface area contributed by atoms with Gasteiger partial charge in [0, 0.05) is 117 Å². The molecular weight excluding hydrogens is 749 g/mol. The van der Waals surface area contributed by atoms with Gasteiger partial charge in [0.2, 0.25) is 0 Å². The first kappa shape index (κ1) is 46.8. The van der Waals surface area contributed by atoms with Crippen LogP contribution in [0.2, 0.25) is 0 Å². The molecule has 0 bridgehead atoms. The van der Waals surface area contributed by atoms with Crippen molar-refractivity contribution in [2.75, 3.05) is 109 Å². The summed E-state index contributed by atoms with van der Waals surface area (Å²) in [6, 6.07) is 41.9. The molecule has 5 aromatic rings. The van der Waals surface area contributed by atoms with Crippen LogP contribution in [0.25, 0.3) is 11.1 Å². The summed E-state index contributed by atoms with van der Waals surface area (Å²) in [5, 5.41) is 0. The van der Waals surface area contributed by atoms with Crippen molar-refractivity contribution >= 4 is 51.6 Å². The van der Waals surface area contributed by atoms with Crippen LogP contribution in [0.3, 0.4) is 0 Å².